The van der Waals surface area contributed by atoms with E-state index in [-0.39, 0.29) is 24.3 Å². The Kier molecular flexibility index (Phi) is 7.22. The minimum Gasteiger partial charge on any atom is -0.497 e. The Morgan fingerprint density at radius 2 is 1.89 bits per heavy atom. The van der Waals surface area contributed by atoms with Crippen LogP contribution in [0.2, 0.25) is 0 Å². The number of methoxy groups -OCH3 is 1. The van der Waals surface area contributed by atoms with E-state index < -0.39 is 5.82 Å². The molecule has 1 amide bonds. The molecule has 0 unspecified atom stereocenters. The van der Waals surface area contributed by atoms with E-state index in [1.54, 1.807) is 19.2 Å². The Hall–Kier alpha value is -2.64. The van der Waals surface area contributed by atoms with E-state index in [9.17, 15) is 9.18 Å². The number of rotatable bonds is 8. The molecular formula is C21H25FN2O4. The summed E-state index contributed by atoms with van der Waals surface area (Å²) < 4.78 is 29.5. The molecule has 1 aliphatic heterocycles. The van der Waals surface area contributed by atoms with Crippen molar-refractivity contribution in [2.45, 2.75) is 6.04 Å². The molecule has 0 spiro atoms. The lowest BCUT2D eigenvalue weighted by atomic mass is 10.0. The van der Waals surface area contributed by atoms with Gasteiger partial charge in [0, 0.05) is 19.6 Å². The summed E-state index contributed by atoms with van der Waals surface area (Å²) in [6.07, 6.45) is 0. The average Bonchev–Trinajstić information content (AvgIpc) is 2.74. The Balaban J connectivity index is 1.60. The van der Waals surface area contributed by atoms with E-state index in [0.29, 0.717) is 19.8 Å². The highest BCUT2D eigenvalue weighted by Gasteiger charge is 2.23. The number of carbonyl (C=O) groups is 1. The van der Waals surface area contributed by atoms with Crippen LogP contribution in [0.25, 0.3) is 0 Å². The average molecular weight is 388 g/mol. The van der Waals surface area contributed by atoms with Crippen molar-refractivity contribution < 1.29 is 23.4 Å². The van der Waals surface area contributed by atoms with Crippen molar-refractivity contribution in [1.82, 2.24) is 10.2 Å². The summed E-state index contributed by atoms with van der Waals surface area (Å²) in [5, 5.41) is 2.90. The van der Waals surface area contributed by atoms with E-state index in [2.05, 4.69) is 10.2 Å². The molecule has 1 aliphatic rings. The number of para-hydroxylation sites is 1. The number of hydrogen-bond donors (Lipinski definition) is 1. The van der Waals surface area contributed by atoms with Crippen LogP contribution < -0.4 is 14.8 Å². The topological polar surface area (TPSA) is 60.0 Å². The lowest BCUT2D eigenvalue weighted by Crippen LogP contribution is -2.44. The number of nitrogens with zero attached hydrogens (tertiary/aromatic N) is 1. The molecule has 2 aromatic rings. The van der Waals surface area contributed by atoms with Gasteiger partial charge in [-0.25, -0.2) is 4.39 Å². The maximum atomic E-state index is 13.6. The van der Waals surface area contributed by atoms with Crippen LogP contribution in [-0.4, -0.2) is 57.4 Å². The molecule has 0 bridgehead atoms. The number of hydrogen-bond acceptors (Lipinski definition) is 5. The predicted octanol–water partition coefficient (Wildman–Crippen LogP) is 2.40. The zero-order valence-corrected chi connectivity index (χ0v) is 15.9. The molecule has 150 valence electrons. The van der Waals surface area contributed by atoms with Gasteiger partial charge in [0.1, 0.15) is 5.75 Å². The van der Waals surface area contributed by atoms with E-state index in [1.165, 1.54) is 12.1 Å². The molecule has 3 rings (SSSR count). The van der Waals surface area contributed by atoms with Gasteiger partial charge in [0.2, 0.25) is 0 Å². The predicted molar refractivity (Wildman–Crippen MR) is 103 cm³/mol. The van der Waals surface area contributed by atoms with Crippen LogP contribution in [0, 0.1) is 5.82 Å². The summed E-state index contributed by atoms with van der Waals surface area (Å²) in [6.45, 7) is 3.09. The van der Waals surface area contributed by atoms with Crippen molar-refractivity contribution in [3.05, 3.63) is 59.9 Å². The first-order chi connectivity index (χ1) is 13.7. The normalized spacial score (nSPS) is 15.6. The van der Waals surface area contributed by atoms with Gasteiger partial charge in [-0.2, -0.15) is 0 Å². The Bertz CT molecular complexity index is 763. The molecule has 1 atom stereocenters. The summed E-state index contributed by atoms with van der Waals surface area (Å²) >= 11 is 0. The molecule has 0 aliphatic carbocycles. The van der Waals surface area contributed by atoms with Crippen LogP contribution in [0.4, 0.5) is 4.39 Å². The van der Waals surface area contributed by atoms with Crippen LogP contribution in [0.5, 0.6) is 11.5 Å². The highest BCUT2D eigenvalue weighted by atomic mass is 19.1. The Morgan fingerprint density at radius 1 is 1.18 bits per heavy atom. The fourth-order valence-corrected chi connectivity index (χ4v) is 3.14. The van der Waals surface area contributed by atoms with E-state index >= 15 is 0 Å². The van der Waals surface area contributed by atoms with Crippen LogP contribution in [0.1, 0.15) is 11.6 Å². The Labute approximate surface area is 164 Å². The van der Waals surface area contributed by atoms with Gasteiger partial charge in [0.05, 0.1) is 26.4 Å². The molecule has 1 saturated heterocycles. The molecular weight excluding hydrogens is 363 g/mol. The van der Waals surface area contributed by atoms with Crippen molar-refractivity contribution in [1.29, 1.82) is 0 Å². The number of nitrogens with one attached hydrogen (secondary N) is 1. The third-order valence-corrected chi connectivity index (χ3v) is 4.68. The summed E-state index contributed by atoms with van der Waals surface area (Å²) in [5.41, 5.74) is 1.08. The lowest BCUT2D eigenvalue weighted by Gasteiger charge is -2.35. The quantitative estimate of drug-likeness (QED) is 0.753. The highest BCUT2D eigenvalue weighted by Crippen LogP contribution is 2.23. The summed E-state index contributed by atoms with van der Waals surface area (Å²) in [6, 6.07) is 13.9. The largest absolute Gasteiger partial charge is 0.497 e. The minimum absolute atomic E-state index is 0.00668. The van der Waals surface area contributed by atoms with Crippen molar-refractivity contribution in [2.75, 3.05) is 46.6 Å². The second-order valence-corrected chi connectivity index (χ2v) is 6.46. The highest BCUT2D eigenvalue weighted by molar-refractivity contribution is 5.77. The summed E-state index contributed by atoms with van der Waals surface area (Å²) in [5.74, 6) is 0.0686. The number of benzene rings is 2. The molecule has 28 heavy (non-hydrogen) atoms. The third kappa shape index (κ3) is 5.43. The number of amides is 1. The number of halogens is 1. The molecule has 1 heterocycles. The van der Waals surface area contributed by atoms with Crippen molar-refractivity contribution in [2.24, 2.45) is 0 Å². The monoisotopic (exact) mass is 388 g/mol. The summed E-state index contributed by atoms with van der Waals surface area (Å²) in [7, 11) is 1.63. The van der Waals surface area contributed by atoms with Crippen LogP contribution in [0.15, 0.2) is 48.5 Å². The number of carbonyl (C=O) groups excluding carboxylic acids is 1. The second-order valence-electron chi connectivity index (χ2n) is 6.46. The molecule has 0 radical (unpaired) electrons. The maximum Gasteiger partial charge on any atom is 0.258 e. The molecule has 0 aromatic heterocycles. The van der Waals surface area contributed by atoms with Gasteiger partial charge in [0.15, 0.2) is 18.2 Å². The first-order valence-corrected chi connectivity index (χ1v) is 9.27. The van der Waals surface area contributed by atoms with Gasteiger partial charge in [-0.3, -0.25) is 9.69 Å². The van der Waals surface area contributed by atoms with Gasteiger partial charge < -0.3 is 19.5 Å². The second kappa shape index (κ2) is 10.1. The summed E-state index contributed by atoms with van der Waals surface area (Å²) in [4.78, 5) is 14.5. The standard InChI is InChI=1S/C21H25FN2O4/c1-26-17-8-6-16(7-9-17)19(24-10-12-27-13-11-24)14-23-21(25)15-28-20-5-3-2-4-18(20)22/h2-9,19H,10-15H2,1H3,(H,23,25)/t19-/m1/s1. The zero-order valence-electron chi connectivity index (χ0n) is 15.9. The minimum atomic E-state index is -0.486. The van der Waals surface area contributed by atoms with Gasteiger partial charge in [0.25, 0.3) is 5.91 Å². The fraction of sp³-hybridized carbons (Fsp3) is 0.381. The molecule has 1 fully saturated rings. The lowest BCUT2D eigenvalue weighted by molar-refractivity contribution is -0.123. The van der Waals surface area contributed by atoms with E-state index in [4.69, 9.17) is 14.2 Å². The zero-order chi connectivity index (χ0) is 19.8. The SMILES string of the molecule is COc1ccc([C@@H](CNC(=O)COc2ccccc2F)N2CCOCC2)cc1. The molecule has 2 aromatic carbocycles. The first-order valence-electron chi connectivity index (χ1n) is 9.27. The molecule has 1 N–H and O–H groups in total. The third-order valence-electron chi connectivity index (χ3n) is 4.68. The molecule has 0 saturated carbocycles. The number of morpholine rings is 1. The van der Waals surface area contributed by atoms with Gasteiger partial charge in [-0.1, -0.05) is 24.3 Å². The van der Waals surface area contributed by atoms with Crippen LogP contribution in [-0.2, 0) is 9.53 Å². The van der Waals surface area contributed by atoms with Crippen molar-refractivity contribution >= 4 is 5.91 Å². The van der Waals surface area contributed by atoms with Crippen molar-refractivity contribution in [3.63, 3.8) is 0 Å². The van der Waals surface area contributed by atoms with Crippen molar-refractivity contribution in [3.8, 4) is 11.5 Å². The van der Waals surface area contributed by atoms with E-state index in [0.717, 1.165) is 24.4 Å². The maximum absolute atomic E-state index is 13.6. The number of ether oxygens (including phenoxy) is 3. The first kappa shape index (κ1) is 20.1. The Morgan fingerprint density at radius 3 is 2.57 bits per heavy atom. The fourth-order valence-electron chi connectivity index (χ4n) is 3.14. The van der Waals surface area contributed by atoms with Gasteiger partial charge >= 0.3 is 0 Å². The van der Waals surface area contributed by atoms with Crippen LogP contribution in [0.3, 0.4) is 0 Å². The molecule has 7 heteroatoms. The van der Waals surface area contributed by atoms with E-state index in [1.807, 2.05) is 24.3 Å². The van der Waals surface area contributed by atoms with Gasteiger partial charge in [-0.15, -0.1) is 0 Å². The molecule has 6 nitrogen and oxygen atoms in total. The van der Waals surface area contributed by atoms with Gasteiger partial charge in [-0.05, 0) is 29.8 Å². The smallest absolute Gasteiger partial charge is 0.258 e. The van der Waals surface area contributed by atoms with Crippen LogP contribution >= 0.6 is 0 Å².